The fraction of sp³-hybridized carbons (Fsp3) is 0.174. The number of nitrogens with one attached hydrogen (secondary N) is 1. The second-order valence-electron chi connectivity index (χ2n) is 6.76. The lowest BCUT2D eigenvalue weighted by Gasteiger charge is -2.18. The Labute approximate surface area is 182 Å². The van der Waals surface area contributed by atoms with Crippen LogP contribution < -0.4 is 14.8 Å². The minimum atomic E-state index is -3.68. The van der Waals surface area contributed by atoms with E-state index < -0.39 is 15.9 Å². The zero-order valence-electron chi connectivity index (χ0n) is 17.5. The van der Waals surface area contributed by atoms with Gasteiger partial charge in [0.25, 0.3) is 5.91 Å². The zero-order chi connectivity index (χ0) is 22.4. The van der Waals surface area contributed by atoms with Crippen molar-refractivity contribution in [3.05, 3.63) is 83.9 Å². The number of hydrogen-bond donors (Lipinski definition) is 1. The molecule has 0 heterocycles. The number of carbonyl (C=O) groups is 1. The summed E-state index contributed by atoms with van der Waals surface area (Å²) < 4.78 is 37.5. The fourth-order valence-electron chi connectivity index (χ4n) is 3.08. The third-order valence-electron chi connectivity index (χ3n) is 4.72. The molecule has 0 spiro atoms. The van der Waals surface area contributed by atoms with E-state index in [0.29, 0.717) is 17.2 Å². The van der Waals surface area contributed by atoms with Gasteiger partial charge < -0.3 is 14.8 Å². The SMILES string of the molecule is COc1cccc(OC)c1C(=O)Nc1ccc(S(=O)(=O)N(C)Cc2ccccc2)cc1. The Kier molecular flexibility index (Phi) is 6.94. The Morgan fingerprint density at radius 1 is 0.871 bits per heavy atom. The molecule has 0 aromatic heterocycles. The molecule has 1 N–H and O–H groups in total. The number of anilines is 1. The number of methoxy groups -OCH3 is 2. The van der Waals surface area contributed by atoms with E-state index in [9.17, 15) is 13.2 Å². The van der Waals surface area contributed by atoms with Gasteiger partial charge in [-0.2, -0.15) is 4.31 Å². The van der Waals surface area contributed by atoms with Crippen LogP contribution in [0.4, 0.5) is 5.69 Å². The van der Waals surface area contributed by atoms with Gasteiger partial charge in [-0.05, 0) is 42.0 Å². The summed E-state index contributed by atoms with van der Waals surface area (Å²) in [6.45, 7) is 0.259. The average Bonchev–Trinajstić information content (AvgIpc) is 2.79. The molecule has 0 aliphatic carbocycles. The standard InChI is InChI=1S/C23H24N2O5S/c1-25(16-17-8-5-4-6-9-17)31(27,28)19-14-12-18(13-15-19)24-23(26)22-20(29-2)10-7-11-21(22)30-3/h4-15H,16H2,1-3H3,(H,24,26). The molecule has 3 aromatic rings. The molecule has 0 unspecified atom stereocenters. The Morgan fingerprint density at radius 2 is 1.45 bits per heavy atom. The van der Waals surface area contributed by atoms with E-state index in [1.54, 1.807) is 30.3 Å². The Morgan fingerprint density at radius 3 is 2.00 bits per heavy atom. The van der Waals surface area contributed by atoms with Crippen molar-refractivity contribution in [2.45, 2.75) is 11.4 Å². The highest BCUT2D eigenvalue weighted by Crippen LogP contribution is 2.29. The maximum Gasteiger partial charge on any atom is 0.263 e. The van der Waals surface area contributed by atoms with Gasteiger partial charge in [-0.1, -0.05) is 36.4 Å². The summed E-state index contributed by atoms with van der Waals surface area (Å²) in [5.74, 6) is 0.322. The first kappa shape index (κ1) is 22.3. The summed E-state index contributed by atoms with van der Waals surface area (Å²) >= 11 is 0. The van der Waals surface area contributed by atoms with Crippen LogP contribution in [0.2, 0.25) is 0 Å². The zero-order valence-corrected chi connectivity index (χ0v) is 18.3. The largest absolute Gasteiger partial charge is 0.496 e. The predicted molar refractivity (Wildman–Crippen MR) is 119 cm³/mol. The van der Waals surface area contributed by atoms with Crippen molar-refractivity contribution in [2.24, 2.45) is 0 Å². The van der Waals surface area contributed by atoms with Gasteiger partial charge in [-0.15, -0.1) is 0 Å². The van der Waals surface area contributed by atoms with E-state index in [1.165, 1.54) is 37.7 Å². The molecule has 0 fully saturated rings. The molecule has 0 aliphatic rings. The molecule has 1 amide bonds. The highest BCUT2D eigenvalue weighted by Gasteiger charge is 2.22. The van der Waals surface area contributed by atoms with E-state index in [-0.39, 0.29) is 17.0 Å². The summed E-state index contributed by atoms with van der Waals surface area (Å²) in [6.07, 6.45) is 0. The van der Waals surface area contributed by atoms with Crippen LogP contribution in [0.3, 0.4) is 0 Å². The van der Waals surface area contributed by atoms with Gasteiger partial charge in [0.2, 0.25) is 10.0 Å². The highest BCUT2D eigenvalue weighted by atomic mass is 32.2. The van der Waals surface area contributed by atoms with Crippen LogP contribution in [0, 0.1) is 0 Å². The van der Waals surface area contributed by atoms with Gasteiger partial charge in [0.1, 0.15) is 17.1 Å². The number of nitrogens with zero attached hydrogens (tertiary/aromatic N) is 1. The van der Waals surface area contributed by atoms with Crippen LogP contribution in [-0.4, -0.2) is 39.9 Å². The third kappa shape index (κ3) is 5.04. The molecule has 8 heteroatoms. The van der Waals surface area contributed by atoms with Crippen molar-refractivity contribution in [1.29, 1.82) is 0 Å². The minimum absolute atomic E-state index is 0.138. The number of ether oxygens (including phenoxy) is 2. The van der Waals surface area contributed by atoms with Crippen LogP contribution in [0.25, 0.3) is 0 Å². The van der Waals surface area contributed by atoms with Crippen molar-refractivity contribution in [3.63, 3.8) is 0 Å². The average molecular weight is 441 g/mol. The Balaban J connectivity index is 1.77. The molecular formula is C23H24N2O5S. The number of hydrogen-bond acceptors (Lipinski definition) is 5. The number of carbonyl (C=O) groups excluding carboxylic acids is 1. The van der Waals surface area contributed by atoms with Crippen LogP contribution in [0.5, 0.6) is 11.5 Å². The van der Waals surface area contributed by atoms with Gasteiger partial charge in [-0.25, -0.2) is 8.42 Å². The summed E-state index contributed by atoms with van der Waals surface area (Å²) in [5, 5.41) is 2.75. The third-order valence-corrected chi connectivity index (χ3v) is 6.54. The molecule has 3 aromatic carbocycles. The molecule has 3 rings (SSSR count). The van der Waals surface area contributed by atoms with Crippen molar-refractivity contribution in [2.75, 3.05) is 26.6 Å². The normalized spacial score (nSPS) is 11.2. The summed E-state index contributed by atoms with van der Waals surface area (Å²) in [5.41, 5.74) is 1.60. The number of sulfonamides is 1. The summed E-state index contributed by atoms with van der Waals surface area (Å²) in [6, 6.07) is 20.4. The first-order chi connectivity index (χ1) is 14.9. The molecule has 0 aliphatic heterocycles. The van der Waals surface area contributed by atoms with Crippen LogP contribution in [0.1, 0.15) is 15.9 Å². The van der Waals surface area contributed by atoms with Crippen LogP contribution in [-0.2, 0) is 16.6 Å². The topological polar surface area (TPSA) is 84.9 Å². The Bertz CT molecular complexity index is 1120. The lowest BCUT2D eigenvalue weighted by Crippen LogP contribution is -2.26. The smallest absolute Gasteiger partial charge is 0.263 e. The number of amides is 1. The van der Waals surface area contributed by atoms with Crippen LogP contribution in [0.15, 0.2) is 77.7 Å². The van der Waals surface area contributed by atoms with E-state index in [0.717, 1.165) is 5.56 Å². The molecule has 0 radical (unpaired) electrons. The van der Waals surface area contributed by atoms with Gasteiger partial charge in [0.15, 0.2) is 0 Å². The van der Waals surface area contributed by atoms with E-state index in [2.05, 4.69) is 5.32 Å². The molecule has 0 saturated heterocycles. The number of benzene rings is 3. The first-order valence-electron chi connectivity index (χ1n) is 9.49. The van der Waals surface area contributed by atoms with E-state index >= 15 is 0 Å². The van der Waals surface area contributed by atoms with E-state index in [1.807, 2.05) is 30.3 Å². The molecule has 31 heavy (non-hydrogen) atoms. The molecular weight excluding hydrogens is 416 g/mol. The lowest BCUT2D eigenvalue weighted by atomic mass is 10.1. The van der Waals surface area contributed by atoms with Crippen molar-refractivity contribution in [3.8, 4) is 11.5 Å². The molecule has 7 nitrogen and oxygen atoms in total. The van der Waals surface area contributed by atoms with Crippen molar-refractivity contribution >= 4 is 21.6 Å². The lowest BCUT2D eigenvalue weighted by molar-refractivity contribution is 0.102. The van der Waals surface area contributed by atoms with Gasteiger partial charge in [-0.3, -0.25) is 4.79 Å². The maximum absolute atomic E-state index is 12.9. The summed E-state index contributed by atoms with van der Waals surface area (Å²) in [7, 11) is 0.797. The minimum Gasteiger partial charge on any atom is -0.496 e. The van der Waals surface area contributed by atoms with Gasteiger partial charge >= 0.3 is 0 Å². The fourth-order valence-corrected chi connectivity index (χ4v) is 4.24. The second kappa shape index (κ2) is 9.63. The summed E-state index contributed by atoms with van der Waals surface area (Å²) in [4.78, 5) is 12.9. The van der Waals surface area contributed by atoms with Gasteiger partial charge in [0.05, 0.1) is 19.1 Å². The number of rotatable bonds is 8. The second-order valence-corrected chi connectivity index (χ2v) is 8.81. The van der Waals surface area contributed by atoms with Gasteiger partial charge in [0, 0.05) is 19.3 Å². The van der Waals surface area contributed by atoms with Crippen molar-refractivity contribution < 1.29 is 22.7 Å². The monoisotopic (exact) mass is 440 g/mol. The molecule has 162 valence electrons. The highest BCUT2D eigenvalue weighted by molar-refractivity contribution is 7.89. The Hall–Kier alpha value is -3.36. The molecule has 0 bridgehead atoms. The van der Waals surface area contributed by atoms with Crippen LogP contribution >= 0.6 is 0 Å². The van der Waals surface area contributed by atoms with Crippen molar-refractivity contribution in [1.82, 2.24) is 4.31 Å². The van der Waals surface area contributed by atoms with E-state index in [4.69, 9.17) is 9.47 Å². The quantitative estimate of drug-likeness (QED) is 0.576. The molecule has 0 saturated carbocycles. The first-order valence-corrected chi connectivity index (χ1v) is 10.9. The predicted octanol–water partition coefficient (Wildman–Crippen LogP) is 3.78. The molecule has 0 atom stereocenters. The maximum atomic E-state index is 12.9.